The number of hydrogen-bond acceptors (Lipinski definition) is 4. The van der Waals surface area contributed by atoms with E-state index >= 15 is 0 Å². The second-order valence-corrected chi connectivity index (χ2v) is 5.06. The van der Waals surface area contributed by atoms with E-state index in [9.17, 15) is 0 Å². The minimum Gasteiger partial charge on any atom is -0.384 e. The summed E-state index contributed by atoms with van der Waals surface area (Å²) in [6, 6.07) is 3.74. The Hall–Kier alpha value is -0.840. The summed E-state index contributed by atoms with van der Waals surface area (Å²) in [6.45, 7) is 6.89. The van der Waals surface area contributed by atoms with E-state index in [-0.39, 0.29) is 12.2 Å². The van der Waals surface area contributed by atoms with Crippen LogP contribution in [-0.2, 0) is 11.3 Å². The predicted octanol–water partition coefficient (Wildman–Crippen LogP) is 1.93. The molecule has 0 amide bonds. The van der Waals surface area contributed by atoms with E-state index in [1.165, 1.54) is 0 Å². The molecule has 1 aromatic heterocycles. The average molecular weight is 256 g/mol. The summed E-state index contributed by atoms with van der Waals surface area (Å²) in [7, 11) is 0. The first-order valence-corrected chi connectivity index (χ1v) is 6.20. The van der Waals surface area contributed by atoms with Crippen LogP contribution in [0.4, 0.5) is 5.82 Å². The maximum absolute atomic E-state index is 5.89. The second kappa shape index (κ2) is 5.21. The zero-order chi connectivity index (χ0) is 12.4. The Kier molecular flexibility index (Phi) is 3.86. The van der Waals surface area contributed by atoms with Crippen molar-refractivity contribution in [1.82, 2.24) is 9.88 Å². The van der Waals surface area contributed by atoms with Crippen molar-refractivity contribution in [3.63, 3.8) is 0 Å². The number of aromatic nitrogens is 1. The SMILES string of the molecule is C[C@@H]1CN(Cc2cc(N)nc(Cl)c2)C[C@H](C)O1. The molecule has 1 aliphatic heterocycles. The van der Waals surface area contributed by atoms with Gasteiger partial charge in [-0.2, -0.15) is 0 Å². The molecule has 2 atom stereocenters. The van der Waals surface area contributed by atoms with Crippen molar-refractivity contribution in [3.8, 4) is 0 Å². The average Bonchev–Trinajstić information content (AvgIpc) is 2.13. The van der Waals surface area contributed by atoms with Gasteiger partial charge in [-0.05, 0) is 31.5 Å². The highest BCUT2D eigenvalue weighted by Gasteiger charge is 2.22. The van der Waals surface area contributed by atoms with Gasteiger partial charge in [0.25, 0.3) is 0 Å². The van der Waals surface area contributed by atoms with Crippen LogP contribution < -0.4 is 5.73 Å². The highest BCUT2D eigenvalue weighted by molar-refractivity contribution is 6.29. The van der Waals surface area contributed by atoms with Crippen molar-refractivity contribution in [3.05, 3.63) is 22.8 Å². The van der Waals surface area contributed by atoms with Crippen LogP contribution in [0.25, 0.3) is 0 Å². The van der Waals surface area contributed by atoms with Gasteiger partial charge in [-0.1, -0.05) is 11.6 Å². The van der Waals surface area contributed by atoms with Crippen molar-refractivity contribution in [2.24, 2.45) is 0 Å². The van der Waals surface area contributed by atoms with Gasteiger partial charge < -0.3 is 10.5 Å². The first-order chi connectivity index (χ1) is 8.02. The topological polar surface area (TPSA) is 51.4 Å². The summed E-state index contributed by atoms with van der Waals surface area (Å²) in [5, 5.41) is 0.453. The maximum Gasteiger partial charge on any atom is 0.131 e. The van der Waals surface area contributed by atoms with Crippen LogP contribution in [0.5, 0.6) is 0 Å². The number of hydrogen-bond donors (Lipinski definition) is 1. The lowest BCUT2D eigenvalue weighted by atomic mass is 10.2. The molecule has 17 heavy (non-hydrogen) atoms. The molecule has 0 radical (unpaired) electrons. The molecular formula is C12H18ClN3O. The van der Waals surface area contributed by atoms with Gasteiger partial charge in [-0.25, -0.2) is 4.98 Å². The van der Waals surface area contributed by atoms with Crippen LogP contribution in [0.1, 0.15) is 19.4 Å². The van der Waals surface area contributed by atoms with Gasteiger partial charge in [0.15, 0.2) is 0 Å². The molecule has 5 heteroatoms. The molecule has 0 unspecified atom stereocenters. The molecular weight excluding hydrogens is 238 g/mol. The number of nitrogen functional groups attached to an aromatic ring is 1. The van der Waals surface area contributed by atoms with E-state index < -0.39 is 0 Å². The summed E-state index contributed by atoms with van der Waals surface area (Å²) in [5.41, 5.74) is 6.78. The van der Waals surface area contributed by atoms with Gasteiger partial charge >= 0.3 is 0 Å². The lowest BCUT2D eigenvalue weighted by Gasteiger charge is -2.35. The highest BCUT2D eigenvalue weighted by Crippen LogP contribution is 2.17. The molecule has 0 aromatic carbocycles. The number of rotatable bonds is 2. The second-order valence-electron chi connectivity index (χ2n) is 4.67. The van der Waals surface area contributed by atoms with Crippen LogP contribution >= 0.6 is 11.6 Å². The normalized spacial score (nSPS) is 26.1. The van der Waals surface area contributed by atoms with Crippen LogP contribution in [0.3, 0.4) is 0 Å². The minimum absolute atomic E-state index is 0.272. The van der Waals surface area contributed by atoms with Gasteiger partial charge in [0.2, 0.25) is 0 Å². The van der Waals surface area contributed by atoms with Crippen LogP contribution in [0.2, 0.25) is 5.15 Å². The van der Waals surface area contributed by atoms with Gasteiger partial charge in [0.1, 0.15) is 11.0 Å². The molecule has 2 heterocycles. The van der Waals surface area contributed by atoms with Crippen LogP contribution in [-0.4, -0.2) is 35.2 Å². The lowest BCUT2D eigenvalue weighted by molar-refractivity contribution is -0.0704. The number of morpholine rings is 1. The van der Waals surface area contributed by atoms with E-state index in [0.717, 1.165) is 25.2 Å². The third-order valence-corrected chi connectivity index (χ3v) is 2.97. The Morgan fingerprint density at radius 2 is 2.06 bits per heavy atom. The Morgan fingerprint density at radius 1 is 1.41 bits per heavy atom. The van der Waals surface area contributed by atoms with Crippen molar-refractivity contribution in [1.29, 1.82) is 0 Å². The molecule has 0 bridgehead atoms. The fourth-order valence-electron chi connectivity index (χ4n) is 2.34. The van der Waals surface area contributed by atoms with Crippen molar-refractivity contribution in [2.75, 3.05) is 18.8 Å². The molecule has 1 saturated heterocycles. The Morgan fingerprint density at radius 3 is 2.65 bits per heavy atom. The molecule has 0 saturated carbocycles. The van der Waals surface area contributed by atoms with Gasteiger partial charge in [-0.15, -0.1) is 0 Å². The van der Waals surface area contributed by atoms with E-state index in [1.54, 1.807) is 0 Å². The first kappa shape index (κ1) is 12.6. The molecule has 4 nitrogen and oxygen atoms in total. The third-order valence-electron chi connectivity index (χ3n) is 2.78. The summed E-state index contributed by atoms with van der Waals surface area (Å²) >= 11 is 5.89. The van der Waals surface area contributed by atoms with Gasteiger partial charge in [0, 0.05) is 19.6 Å². The molecule has 2 N–H and O–H groups in total. The minimum atomic E-state index is 0.272. The van der Waals surface area contributed by atoms with Crippen molar-refractivity contribution in [2.45, 2.75) is 32.6 Å². The number of pyridine rings is 1. The lowest BCUT2D eigenvalue weighted by Crippen LogP contribution is -2.44. The smallest absolute Gasteiger partial charge is 0.131 e. The Labute approximate surface area is 107 Å². The Bertz CT molecular complexity index is 369. The van der Waals surface area contributed by atoms with E-state index in [4.69, 9.17) is 22.1 Å². The first-order valence-electron chi connectivity index (χ1n) is 5.82. The molecule has 94 valence electrons. The van der Waals surface area contributed by atoms with E-state index in [2.05, 4.69) is 23.7 Å². The monoisotopic (exact) mass is 255 g/mol. The van der Waals surface area contributed by atoms with E-state index in [0.29, 0.717) is 11.0 Å². The summed E-state index contributed by atoms with van der Waals surface area (Å²) < 4.78 is 5.70. The maximum atomic E-state index is 5.89. The van der Waals surface area contributed by atoms with Gasteiger partial charge in [0.05, 0.1) is 12.2 Å². The van der Waals surface area contributed by atoms with E-state index in [1.807, 2.05) is 12.1 Å². The molecule has 2 rings (SSSR count). The number of nitrogens with zero attached hydrogens (tertiary/aromatic N) is 2. The highest BCUT2D eigenvalue weighted by atomic mass is 35.5. The summed E-state index contributed by atoms with van der Waals surface area (Å²) in [6.07, 6.45) is 0.543. The van der Waals surface area contributed by atoms with Gasteiger partial charge in [-0.3, -0.25) is 4.90 Å². The quantitative estimate of drug-likeness (QED) is 0.821. The van der Waals surface area contributed by atoms with Crippen molar-refractivity contribution >= 4 is 17.4 Å². The standard InChI is InChI=1S/C12H18ClN3O/c1-8-5-16(6-9(2)17-8)7-10-3-11(13)15-12(14)4-10/h3-4,8-9H,5-7H2,1-2H3,(H2,14,15)/t8-,9+. The summed E-state index contributed by atoms with van der Waals surface area (Å²) in [5.74, 6) is 0.474. The zero-order valence-electron chi connectivity index (χ0n) is 10.2. The number of anilines is 1. The molecule has 0 aliphatic carbocycles. The third kappa shape index (κ3) is 3.56. The molecule has 1 aromatic rings. The fourth-order valence-corrected chi connectivity index (χ4v) is 2.57. The zero-order valence-corrected chi connectivity index (χ0v) is 10.9. The Balaban J connectivity index is 2.04. The van der Waals surface area contributed by atoms with Crippen molar-refractivity contribution < 1.29 is 4.74 Å². The number of nitrogens with two attached hydrogens (primary N) is 1. The van der Waals surface area contributed by atoms with Crippen LogP contribution in [0, 0.1) is 0 Å². The molecule has 1 fully saturated rings. The largest absolute Gasteiger partial charge is 0.384 e. The fraction of sp³-hybridized carbons (Fsp3) is 0.583. The molecule has 1 aliphatic rings. The number of ether oxygens (including phenoxy) is 1. The predicted molar refractivity (Wildman–Crippen MR) is 68.9 cm³/mol. The molecule has 0 spiro atoms. The number of halogens is 1. The summed E-state index contributed by atoms with van der Waals surface area (Å²) in [4.78, 5) is 6.31. The van der Waals surface area contributed by atoms with Crippen LogP contribution in [0.15, 0.2) is 12.1 Å².